The highest BCUT2D eigenvalue weighted by Crippen LogP contribution is 2.32. The van der Waals surface area contributed by atoms with Gasteiger partial charge in [-0.25, -0.2) is 9.98 Å². The molecule has 5 N–H and O–H groups in total. The highest BCUT2D eigenvalue weighted by Gasteiger charge is 2.12. The Morgan fingerprint density at radius 1 is 1.20 bits per heavy atom. The molecule has 4 rings (SSSR count). The van der Waals surface area contributed by atoms with Crippen LogP contribution in [0.1, 0.15) is 18.9 Å². The topological polar surface area (TPSA) is 108 Å². The number of hydrogen-bond acceptors (Lipinski definition) is 4. The summed E-state index contributed by atoms with van der Waals surface area (Å²) in [6.45, 7) is 2.33. The molecule has 2 aromatic heterocycles. The molecule has 0 aliphatic carbocycles. The minimum Gasteiger partial charge on any atom is -0.370 e. The van der Waals surface area contributed by atoms with E-state index >= 15 is 0 Å². The lowest BCUT2D eigenvalue weighted by atomic mass is 10.1. The van der Waals surface area contributed by atoms with Gasteiger partial charge in [0, 0.05) is 40.2 Å². The summed E-state index contributed by atoms with van der Waals surface area (Å²) in [5.41, 5.74) is 10.6. The van der Waals surface area contributed by atoms with Gasteiger partial charge in [0.2, 0.25) is 5.91 Å². The van der Waals surface area contributed by atoms with Crippen LogP contribution in [0.2, 0.25) is 0 Å². The van der Waals surface area contributed by atoms with Gasteiger partial charge in [0.15, 0.2) is 11.1 Å². The van der Waals surface area contributed by atoms with Crippen molar-refractivity contribution in [2.45, 2.75) is 19.9 Å². The minimum atomic E-state index is -0.0168. The van der Waals surface area contributed by atoms with E-state index in [1.165, 1.54) is 11.3 Å². The average molecular weight is 419 g/mol. The third kappa shape index (κ3) is 4.49. The van der Waals surface area contributed by atoms with Gasteiger partial charge in [0.05, 0.1) is 12.2 Å². The maximum absolute atomic E-state index is 11.7. The van der Waals surface area contributed by atoms with E-state index in [1.807, 2.05) is 67.0 Å². The lowest BCUT2D eigenvalue weighted by Crippen LogP contribution is -2.22. The molecule has 0 radical (unpaired) electrons. The van der Waals surface area contributed by atoms with Crippen LogP contribution in [0.25, 0.3) is 22.2 Å². The number of carbonyl (C=O) groups is 1. The molecule has 0 bridgehead atoms. The average Bonchev–Trinajstić information content (AvgIpc) is 3.39. The number of aromatic amines is 1. The second-order valence-corrected chi connectivity index (χ2v) is 7.57. The third-order valence-corrected chi connectivity index (χ3v) is 5.33. The van der Waals surface area contributed by atoms with E-state index in [0.717, 1.165) is 33.4 Å². The van der Waals surface area contributed by atoms with Gasteiger partial charge in [0.1, 0.15) is 0 Å². The fourth-order valence-electron chi connectivity index (χ4n) is 3.02. The maximum Gasteiger partial charge on any atom is 0.224 e. The van der Waals surface area contributed by atoms with Gasteiger partial charge in [-0.05, 0) is 23.8 Å². The quantitative estimate of drug-likeness (QED) is 0.272. The number of thiazole rings is 1. The van der Waals surface area contributed by atoms with Crippen molar-refractivity contribution in [1.29, 1.82) is 0 Å². The molecule has 0 saturated heterocycles. The zero-order chi connectivity index (χ0) is 20.9. The molecule has 0 aliphatic rings. The van der Waals surface area contributed by atoms with E-state index in [0.29, 0.717) is 24.1 Å². The van der Waals surface area contributed by atoms with Crippen LogP contribution >= 0.6 is 11.3 Å². The summed E-state index contributed by atoms with van der Waals surface area (Å²) in [6.07, 6.45) is 2.36. The van der Waals surface area contributed by atoms with E-state index in [1.54, 1.807) is 0 Å². The summed E-state index contributed by atoms with van der Waals surface area (Å²) in [4.78, 5) is 24.0. The molecule has 0 fully saturated rings. The number of fused-ring (bicyclic) bond motifs is 1. The Kier molecular flexibility index (Phi) is 5.76. The van der Waals surface area contributed by atoms with E-state index in [4.69, 9.17) is 5.73 Å². The molecule has 0 unspecified atom stereocenters. The number of anilines is 2. The fraction of sp³-hybridized carbons (Fsp3) is 0.136. The first kappa shape index (κ1) is 19.7. The van der Waals surface area contributed by atoms with Crippen molar-refractivity contribution in [2.75, 3.05) is 10.6 Å². The monoisotopic (exact) mass is 418 g/mol. The Morgan fingerprint density at radius 2 is 2.03 bits per heavy atom. The molecule has 30 heavy (non-hydrogen) atoms. The zero-order valence-corrected chi connectivity index (χ0v) is 17.3. The van der Waals surface area contributed by atoms with Crippen molar-refractivity contribution in [3.63, 3.8) is 0 Å². The number of hydrogen-bond donors (Lipinski definition) is 4. The van der Waals surface area contributed by atoms with E-state index in [-0.39, 0.29) is 5.91 Å². The smallest absolute Gasteiger partial charge is 0.224 e. The number of nitrogens with zero attached hydrogens (tertiary/aromatic N) is 2. The number of nitrogens with two attached hydrogens (primary N) is 1. The normalized spacial score (nSPS) is 11.6. The number of nitrogens with one attached hydrogen (secondary N) is 3. The predicted molar refractivity (Wildman–Crippen MR) is 124 cm³/mol. The highest BCUT2D eigenvalue weighted by molar-refractivity contribution is 7.14. The van der Waals surface area contributed by atoms with Crippen LogP contribution in [0.15, 0.2) is 65.1 Å². The molecular formula is C22H22N6OS. The molecule has 1 amide bonds. The Hall–Kier alpha value is -3.65. The number of H-pyrrole nitrogens is 1. The first-order valence-electron chi connectivity index (χ1n) is 9.60. The molecule has 152 valence electrons. The Balaban J connectivity index is 1.51. The fourth-order valence-corrected chi connectivity index (χ4v) is 3.74. The standard InChI is InChI=1S/C22H22N6OS/c1-2-20(29)26-15-8-9-18-16(10-15)17(12-24-18)19-13-30-22(27-19)28-21(23)25-11-14-6-4-3-5-7-14/h3-10,12-13,24H,2,11H2,1H3,(H,26,29)(H3,23,25,27,28). The molecule has 4 aromatic rings. The molecule has 0 atom stereocenters. The number of benzene rings is 2. The summed E-state index contributed by atoms with van der Waals surface area (Å²) in [7, 11) is 0. The first-order valence-corrected chi connectivity index (χ1v) is 10.5. The number of aliphatic imine (C=N–C) groups is 1. The van der Waals surface area contributed by atoms with Crippen molar-refractivity contribution in [1.82, 2.24) is 9.97 Å². The van der Waals surface area contributed by atoms with Crippen molar-refractivity contribution < 1.29 is 4.79 Å². The number of amides is 1. The summed E-state index contributed by atoms with van der Waals surface area (Å²) in [5.74, 6) is 0.306. The summed E-state index contributed by atoms with van der Waals surface area (Å²) < 4.78 is 0. The first-order chi connectivity index (χ1) is 14.6. The molecular weight excluding hydrogens is 396 g/mol. The summed E-state index contributed by atoms with van der Waals surface area (Å²) in [6, 6.07) is 15.7. The van der Waals surface area contributed by atoms with Gasteiger partial charge >= 0.3 is 0 Å². The molecule has 0 saturated carbocycles. The lowest BCUT2D eigenvalue weighted by Gasteiger charge is -2.04. The number of rotatable bonds is 6. The van der Waals surface area contributed by atoms with E-state index in [2.05, 4.69) is 25.6 Å². The predicted octanol–water partition coefficient (Wildman–Crippen LogP) is 4.57. The third-order valence-electron chi connectivity index (χ3n) is 4.58. The molecule has 2 heterocycles. The van der Waals surface area contributed by atoms with Crippen molar-refractivity contribution in [2.24, 2.45) is 10.7 Å². The summed E-state index contributed by atoms with van der Waals surface area (Å²) in [5, 5.41) is 9.58. The second-order valence-electron chi connectivity index (χ2n) is 6.71. The van der Waals surface area contributed by atoms with E-state index < -0.39 is 0 Å². The van der Waals surface area contributed by atoms with Gasteiger partial charge < -0.3 is 21.4 Å². The molecule has 7 nitrogen and oxygen atoms in total. The largest absolute Gasteiger partial charge is 0.370 e. The van der Waals surface area contributed by atoms with Gasteiger partial charge in [-0.2, -0.15) is 0 Å². The Bertz CT molecular complexity index is 1190. The summed E-state index contributed by atoms with van der Waals surface area (Å²) >= 11 is 1.46. The minimum absolute atomic E-state index is 0.0168. The van der Waals surface area contributed by atoms with E-state index in [9.17, 15) is 4.79 Å². The van der Waals surface area contributed by atoms with Crippen LogP contribution in [0, 0.1) is 0 Å². The highest BCUT2D eigenvalue weighted by atomic mass is 32.1. The lowest BCUT2D eigenvalue weighted by molar-refractivity contribution is -0.115. The number of guanidine groups is 1. The van der Waals surface area contributed by atoms with Crippen molar-refractivity contribution in [3.8, 4) is 11.3 Å². The van der Waals surface area contributed by atoms with Crippen LogP contribution in [0.3, 0.4) is 0 Å². The van der Waals surface area contributed by atoms with Crippen LogP contribution in [0.5, 0.6) is 0 Å². The van der Waals surface area contributed by atoms with Crippen LogP contribution in [-0.4, -0.2) is 21.8 Å². The molecule has 0 spiro atoms. The second kappa shape index (κ2) is 8.79. The molecule has 2 aromatic carbocycles. The molecule has 8 heteroatoms. The molecule has 0 aliphatic heterocycles. The van der Waals surface area contributed by atoms with Gasteiger partial charge in [-0.15, -0.1) is 11.3 Å². The van der Waals surface area contributed by atoms with Crippen molar-refractivity contribution >= 4 is 44.9 Å². The van der Waals surface area contributed by atoms with Gasteiger partial charge in [0.25, 0.3) is 0 Å². The number of carbonyl (C=O) groups excluding carboxylic acids is 1. The Labute approximate surface area is 178 Å². The zero-order valence-electron chi connectivity index (χ0n) is 16.5. The van der Waals surface area contributed by atoms with Crippen LogP contribution < -0.4 is 16.4 Å². The van der Waals surface area contributed by atoms with Crippen LogP contribution in [-0.2, 0) is 11.3 Å². The van der Waals surface area contributed by atoms with Crippen molar-refractivity contribution in [3.05, 3.63) is 65.7 Å². The number of aromatic nitrogens is 2. The maximum atomic E-state index is 11.7. The van der Waals surface area contributed by atoms with Gasteiger partial charge in [-0.1, -0.05) is 37.3 Å². The Morgan fingerprint density at radius 3 is 2.83 bits per heavy atom. The SMILES string of the molecule is CCC(=O)Nc1ccc2[nH]cc(-c3csc(NC(N)=NCc4ccccc4)n3)c2c1. The van der Waals surface area contributed by atoms with Gasteiger partial charge in [-0.3, -0.25) is 4.79 Å². The van der Waals surface area contributed by atoms with Crippen LogP contribution in [0.4, 0.5) is 10.8 Å².